The van der Waals surface area contributed by atoms with Crippen molar-refractivity contribution in [1.29, 1.82) is 0 Å². The number of rotatable bonds is 56. The lowest BCUT2D eigenvalue weighted by atomic mass is 10.0. The van der Waals surface area contributed by atoms with Gasteiger partial charge in [0.2, 0.25) is 0 Å². The van der Waals surface area contributed by atoms with Crippen LogP contribution in [-0.4, -0.2) is 24.3 Å². The summed E-state index contributed by atoms with van der Waals surface area (Å²) in [4.78, 5) is 12.1. The molecule has 3 heteroatoms. The second kappa shape index (κ2) is 58.2. The quantitative estimate of drug-likeness (QED) is 0.0376. The minimum atomic E-state index is 0.0270. The van der Waals surface area contributed by atoms with Gasteiger partial charge in [-0.05, 0) is 44.9 Å². The molecule has 0 atom stereocenters. The summed E-state index contributed by atoms with van der Waals surface area (Å²) >= 11 is 0. The highest BCUT2D eigenvalue weighted by molar-refractivity contribution is 5.69. The molecular weight excluding hydrogens is 757 g/mol. The van der Waals surface area contributed by atoms with Crippen LogP contribution >= 0.6 is 0 Å². The van der Waals surface area contributed by atoms with Gasteiger partial charge in [-0.2, -0.15) is 0 Å². The summed E-state index contributed by atoms with van der Waals surface area (Å²) in [5, 5.41) is 8.83. The highest BCUT2D eigenvalue weighted by Gasteiger charge is 2.03. The number of hydrogen-bond donors (Lipinski definition) is 1. The van der Waals surface area contributed by atoms with Crippen LogP contribution in [0.3, 0.4) is 0 Å². The summed E-state index contributed by atoms with van der Waals surface area (Å²) in [6.07, 6.45) is 77.0. The number of allylic oxidation sites excluding steroid dienone is 2. The van der Waals surface area contributed by atoms with Crippen molar-refractivity contribution in [1.82, 2.24) is 0 Å². The van der Waals surface area contributed by atoms with Crippen LogP contribution in [0.25, 0.3) is 0 Å². The van der Waals surface area contributed by atoms with Crippen molar-refractivity contribution in [2.75, 3.05) is 13.2 Å². The molecular formula is C59H116O3. The van der Waals surface area contributed by atoms with Crippen LogP contribution in [0.1, 0.15) is 347 Å². The first kappa shape index (κ1) is 61.2. The number of hydrogen-bond acceptors (Lipinski definition) is 3. The Morgan fingerprint density at radius 1 is 0.306 bits per heavy atom. The van der Waals surface area contributed by atoms with Crippen molar-refractivity contribution in [3.8, 4) is 0 Å². The molecule has 0 bridgehead atoms. The van der Waals surface area contributed by atoms with Gasteiger partial charge in [0.25, 0.3) is 0 Å². The average molecular weight is 874 g/mol. The van der Waals surface area contributed by atoms with Crippen LogP contribution in [-0.2, 0) is 9.53 Å². The van der Waals surface area contributed by atoms with Gasteiger partial charge in [0.05, 0.1) is 6.61 Å². The molecule has 0 amide bonds. The molecule has 0 aromatic heterocycles. The van der Waals surface area contributed by atoms with Crippen molar-refractivity contribution in [2.45, 2.75) is 347 Å². The maximum absolute atomic E-state index is 12.1. The molecule has 0 fully saturated rings. The molecule has 0 saturated carbocycles. The summed E-state index contributed by atoms with van der Waals surface area (Å²) in [5.74, 6) is 0.0270. The van der Waals surface area contributed by atoms with Crippen molar-refractivity contribution >= 4 is 5.97 Å². The molecule has 0 rings (SSSR count). The van der Waals surface area contributed by atoms with Gasteiger partial charge in [-0.25, -0.2) is 0 Å². The topological polar surface area (TPSA) is 46.5 Å². The van der Waals surface area contributed by atoms with Gasteiger partial charge in [-0.3, -0.25) is 4.79 Å². The van der Waals surface area contributed by atoms with E-state index < -0.39 is 0 Å². The molecule has 0 aliphatic rings. The molecule has 0 heterocycles. The third kappa shape index (κ3) is 57.2. The van der Waals surface area contributed by atoms with E-state index in [1.807, 2.05) is 0 Å². The highest BCUT2D eigenvalue weighted by Crippen LogP contribution is 2.18. The molecule has 3 nitrogen and oxygen atoms in total. The molecule has 0 aliphatic heterocycles. The highest BCUT2D eigenvalue weighted by atomic mass is 16.5. The fourth-order valence-corrected chi connectivity index (χ4v) is 9.35. The van der Waals surface area contributed by atoms with E-state index in [4.69, 9.17) is 9.84 Å². The van der Waals surface area contributed by atoms with E-state index >= 15 is 0 Å². The summed E-state index contributed by atoms with van der Waals surface area (Å²) in [6.45, 7) is 3.28. The normalized spacial score (nSPS) is 11.7. The summed E-state index contributed by atoms with van der Waals surface area (Å²) in [6, 6.07) is 0. The molecule has 1 N–H and O–H groups in total. The van der Waals surface area contributed by atoms with E-state index in [0.29, 0.717) is 19.6 Å². The molecule has 370 valence electrons. The standard InChI is InChI=1S/C59H116O3/c1-2-3-4-5-6-7-8-9-10-32-35-38-41-44-47-50-53-56-59(61)62-58-55-52-49-46-43-40-37-34-31-29-27-25-23-21-19-17-15-13-11-12-14-16-18-20-22-24-26-28-30-33-36-39-42-45-48-51-54-57-60/h7-8,60H,2-6,9-58H2,1H3. The van der Waals surface area contributed by atoms with Crippen LogP contribution in [0, 0.1) is 0 Å². The van der Waals surface area contributed by atoms with E-state index in [1.54, 1.807) is 0 Å². The molecule has 0 saturated heterocycles. The fraction of sp³-hybridized carbons (Fsp3) is 0.949. The number of ether oxygens (including phenoxy) is 1. The van der Waals surface area contributed by atoms with E-state index in [9.17, 15) is 4.79 Å². The number of unbranched alkanes of at least 4 members (excludes halogenated alkanes) is 49. The fourth-order valence-electron chi connectivity index (χ4n) is 9.35. The summed E-state index contributed by atoms with van der Waals surface area (Å²) in [7, 11) is 0. The zero-order valence-electron chi connectivity index (χ0n) is 42.8. The molecule has 0 aromatic carbocycles. The monoisotopic (exact) mass is 873 g/mol. The van der Waals surface area contributed by atoms with Gasteiger partial charge in [-0.15, -0.1) is 0 Å². The van der Waals surface area contributed by atoms with Gasteiger partial charge in [0, 0.05) is 13.0 Å². The Labute approximate surface area is 391 Å². The first-order valence-corrected chi connectivity index (χ1v) is 29.2. The first-order valence-electron chi connectivity index (χ1n) is 29.2. The lowest BCUT2D eigenvalue weighted by molar-refractivity contribution is -0.143. The second-order valence-corrected chi connectivity index (χ2v) is 20.1. The second-order valence-electron chi connectivity index (χ2n) is 20.1. The van der Waals surface area contributed by atoms with Crippen molar-refractivity contribution < 1.29 is 14.6 Å². The minimum absolute atomic E-state index is 0.0270. The van der Waals surface area contributed by atoms with Crippen LogP contribution in [0.4, 0.5) is 0 Å². The molecule has 0 aliphatic carbocycles. The zero-order chi connectivity index (χ0) is 44.6. The molecule has 62 heavy (non-hydrogen) atoms. The Morgan fingerprint density at radius 2 is 0.532 bits per heavy atom. The van der Waals surface area contributed by atoms with Gasteiger partial charge in [0.15, 0.2) is 0 Å². The minimum Gasteiger partial charge on any atom is -0.466 e. The predicted molar refractivity (Wildman–Crippen MR) is 278 cm³/mol. The predicted octanol–water partition coefficient (Wildman–Crippen LogP) is 20.8. The zero-order valence-corrected chi connectivity index (χ0v) is 42.8. The maximum Gasteiger partial charge on any atom is 0.305 e. The molecule has 0 unspecified atom stereocenters. The summed E-state index contributed by atoms with van der Waals surface area (Å²) in [5.41, 5.74) is 0. The van der Waals surface area contributed by atoms with Crippen molar-refractivity contribution in [3.63, 3.8) is 0 Å². The number of aliphatic hydroxyl groups is 1. The molecule has 0 radical (unpaired) electrons. The summed E-state index contributed by atoms with van der Waals surface area (Å²) < 4.78 is 5.50. The number of esters is 1. The number of aliphatic hydroxyl groups excluding tert-OH is 1. The Balaban J connectivity index is 3.14. The number of carbonyl (C=O) groups is 1. The molecule has 0 aromatic rings. The van der Waals surface area contributed by atoms with Gasteiger partial charge >= 0.3 is 5.97 Å². The average Bonchev–Trinajstić information content (AvgIpc) is 3.28. The first-order chi connectivity index (χ1) is 30.8. The van der Waals surface area contributed by atoms with Crippen molar-refractivity contribution in [3.05, 3.63) is 12.2 Å². The third-order valence-electron chi connectivity index (χ3n) is 13.7. The maximum atomic E-state index is 12.1. The van der Waals surface area contributed by atoms with E-state index in [1.165, 1.54) is 315 Å². The van der Waals surface area contributed by atoms with E-state index in [2.05, 4.69) is 19.1 Å². The van der Waals surface area contributed by atoms with Crippen LogP contribution in [0.5, 0.6) is 0 Å². The largest absolute Gasteiger partial charge is 0.466 e. The van der Waals surface area contributed by atoms with Crippen LogP contribution in [0.15, 0.2) is 12.2 Å². The Kier molecular flexibility index (Phi) is 57.4. The smallest absolute Gasteiger partial charge is 0.305 e. The third-order valence-corrected chi connectivity index (χ3v) is 13.7. The SMILES string of the molecule is CCCCCCC=CCCCCCCCCCCCC(=O)OCCCCCCCCCCCCCCCCCCCCCCCCCCCCCCCCCCCCCCCO. The lowest BCUT2D eigenvalue weighted by Gasteiger charge is -2.06. The number of carbonyl (C=O) groups excluding carboxylic acids is 1. The Bertz CT molecular complexity index is 822. The van der Waals surface area contributed by atoms with E-state index in [-0.39, 0.29) is 5.97 Å². The Hall–Kier alpha value is -0.830. The van der Waals surface area contributed by atoms with Gasteiger partial charge < -0.3 is 9.84 Å². The Morgan fingerprint density at radius 3 is 0.806 bits per heavy atom. The van der Waals surface area contributed by atoms with Gasteiger partial charge in [0.1, 0.15) is 0 Å². The van der Waals surface area contributed by atoms with Crippen LogP contribution in [0.2, 0.25) is 0 Å². The van der Waals surface area contributed by atoms with E-state index in [0.717, 1.165) is 19.3 Å². The molecule has 0 spiro atoms. The van der Waals surface area contributed by atoms with Gasteiger partial charge in [-0.1, -0.05) is 308 Å². The van der Waals surface area contributed by atoms with Crippen LogP contribution < -0.4 is 0 Å². The lowest BCUT2D eigenvalue weighted by Crippen LogP contribution is -2.05. The van der Waals surface area contributed by atoms with Crippen molar-refractivity contribution in [2.24, 2.45) is 0 Å².